The third-order valence-electron chi connectivity index (χ3n) is 2.91. The third-order valence-corrected chi connectivity index (χ3v) is 4.00. The van der Waals surface area contributed by atoms with E-state index < -0.39 is 0 Å². The number of carbonyl (C=O) groups is 1. The highest BCUT2D eigenvalue weighted by molar-refractivity contribution is 7.18. The highest BCUT2D eigenvalue weighted by atomic mass is 32.1. The number of nitrogens with one attached hydrogen (secondary N) is 1. The Morgan fingerprint density at radius 2 is 2.19 bits per heavy atom. The SMILES string of the molecule is Cc1nnc(NC(=O)CCCc2nc3ccccc3s2)o1. The number of hydrogen-bond donors (Lipinski definition) is 1. The van der Waals surface area contributed by atoms with Crippen LogP contribution in [0.15, 0.2) is 28.7 Å². The minimum absolute atomic E-state index is 0.125. The quantitative estimate of drug-likeness (QED) is 0.783. The summed E-state index contributed by atoms with van der Waals surface area (Å²) in [7, 11) is 0. The predicted octanol–water partition coefficient (Wildman–Crippen LogP) is 2.95. The van der Waals surface area contributed by atoms with Crippen molar-refractivity contribution in [2.24, 2.45) is 0 Å². The minimum atomic E-state index is -0.125. The number of fused-ring (bicyclic) bond motifs is 1. The fourth-order valence-corrected chi connectivity index (χ4v) is 2.96. The van der Waals surface area contributed by atoms with Gasteiger partial charge >= 0.3 is 6.01 Å². The largest absolute Gasteiger partial charge is 0.408 e. The molecule has 108 valence electrons. The number of hydrogen-bond acceptors (Lipinski definition) is 6. The van der Waals surface area contributed by atoms with Crippen LogP contribution in [0.5, 0.6) is 0 Å². The number of rotatable bonds is 5. The van der Waals surface area contributed by atoms with E-state index in [0.29, 0.717) is 12.3 Å². The van der Waals surface area contributed by atoms with Crippen LogP contribution in [0.25, 0.3) is 10.2 Å². The Hall–Kier alpha value is -2.28. The van der Waals surface area contributed by atoms with Crippen LogP contribution >= 0.6 is 11.3 Å². The smallest absolute Gasteiger partial charge is 0.322 e. The second-order valence-electron chi connectivity index (χ2n) is 4.60. The standard InChI is InChI=1S/C14H14N4O2S/c1-9-17-18-14(20-9)16-12(19)7-4-8-13-15-10-5-2-3-6-11(10)21-13/h2-3,5-6H,4,7-8H2,1H3,(H,16,18,19). The van der Waals surface area contributed by atoms with Crippen LogP contribution in [0, 0.1) is 6.92 Å². The molecule has 2 aromatic heterocycles. The van der Waals surface area contributed by atoms with Gasteiger partial charge in [0.15, 0.2) is 0 Å². The second kappa shape index (κ2) is 6.01. The summed E-state index contributed by atoms with van der Waals surface area (Å²) >= 11 is 1.67. The molecule has 0 fully saturated rings. The lowest BCUT2D eigenvalue weighted by Crippen LogP contribution is -2.11. The number of thiazole rings is 1. The fourth-order valence-electron chi connectivity index (χ4n) is 1.96. The van der Waals surface area contributed by atoms with Gasteiger partial charge in [0, 0.05) is 13.3 Å². The van der Waals surface area contributed by atoms with Gasteiger partial charge in [0.25, 0.3) is 0 Å². The Labute approximate surface area is 125 Å². The van der Waals surface area contributed by atoms with Gasteiger partial charge in [-0.05, 0) is 25.0 Å². The number of amides is 1. The van der Waals surface area contributed by atoms with Gasteiger partial charge in [0.2, 0.25) is 11.8 Å². The monoisotopic (exact) mass is 302 g/mol. The van der Waals surface area contributed by atoms with E-state index in [1.54, 1.807) is 18.3 Å². The first-order chi connectivity index (χ1) is 10.2. The summed E-state index contributed by atoms with van der Waals surface area (Å²) in [6.45, 7) is 1.68. The molecule has 0 bridgehead atoms. The van der Waals surface area contributed by atoms with Crippen molar-refractivity contribution in [1.29, 1.82) is 0 Å². The zero-order valence-corrected chi connectivity index (χ0v) is 12.3. The molecule has 0 radical (unpaired) electrons. The van der Waals surface area contributed by atoms with Gasteiger partial charge in [-0.3, -0.25) is 10.1 Å². The lowest BCUT2D eigenvalue weighted by Gasteiger charge is -1.99. The molecule has 0 aliphatic carbocycles. The Balaban J connectivity index is 1.50. The molecule has 0 atom stereocenters. The van der Waals surface area contributed by atoms with E-state index in [-0.39, 0.29) is 11.9 Å². The number of anilines is 1. The van der Waals surface area contributed by atoms with Crippen molar-refractivity contribution >= 4 is 33.5 Å². The van der Waals surface area contributed by atoms with Crippen LogP contribution in [0.2, 0.25) is 0 Å². The van der Waals surface area contributed by atoms with Crippen LogP contribution in [-0.2, 0) is 11.2 Å². The number of nitrogens with zero attached hydrogens (tertiary/aromatic N) is 3. The van der Waals surface area contributed by atoms with E-state index in [0.717, 1.165) is 23.4 Å². The lowest BCUT2D eigenvalue weighted by atomic mass is 10.2. The number of para-hydroxylation sites is 1. The van der Waals surface area contributed by atoms with Crippen molar-refractivity contribution in [2.75, 3.05) is 5.32 Å². The van der Waals surface area contributed by atoms with E-state index in [2.05, 4.69) is 26.6 Å². The van der Waals surface area contributed by atoms with E-state index in [4.69, 9.17) is 4.42 Å². The summed E-state index contributed by atoms with van der Waals surface area (Å²) in [5.74, 6) is 0.305. The molecule has 0 unspecified atom stereocenters. The topological polar surface area (TPSA) is 80.9 Å². The molecule has 0 aliphatic rings. The summed E-state index contributed by atoms with van der Waals surface area (Å²) < 4.78 is 6.27. The average molecular weight is 302 g/mol. The normalized spacial score (nSPS) is 10.9. The molecule has 0 spiro atoms. The molecule has 0 aliphatic heterocycles. The van der Waals surface area contributed by atoms with Crippen LogP contribution in [0.3, 0.4) is 0 Å². The number of benzene rings is 1. The van der Waals surface area contributed by atoms with E-state index in [9.17, 15) is 4.79 Å². The Bertz CT molecular complexity index is 732. The van der Waals surface area contributed by atoms with Gasteiger partial charge in [0.05, 0.1) is 15.2 Å². The molecular weight excluding hydrogens is 288 g/mol. The Morgan fingerprint density at radius 1 is 1.33 bits per heavy atom. The van der Waals surface area contributed by atoms with E-state index >= 15 is 0 Å². The average Bonchev–Trinajstić information content (AvgIpc) is 3.04. The molecule has 1 amide bonds. The van der Waals surface area contributed by atoms with Crippen molar-refractivity contribution in [2.45, 2.75) is 26.2 Å². The maximum absolute atomic E-state index is 11.7. The van der Waals surface area contributed by atoms with Crippen LogP contribution in [0.1, 0.15) is 23.7 Å². The van der Waals surface area contributed by atoms with Crippen molar-refractivity contribution in [3.05, 3.63) is 35.2 Å². The number of carbonyl (C=O) groups excluding carboxylic acids is 1. The van der Waals surface area contributed by atoms with Crippen molar-refractivity contribution in [3.63, 3.8) is 0 Å². The maximum Gasteiger partial charge on any atom is 0.322 e. The summed E-state index contributed by atoms with van der Waals surface area (Å²) in [4.78, 5) is 16.3. The molecular formula is C14H14N4O2S. The molecule has 21 heavy (non-hydrogen) atoms. The summed E-state index contributed by atoms with van der Waals surface area (Å²) in [5, 5.41) is 11.0. The molecule has 6 nitrogen and oxygen atoms in total. The third kappa shape index (κ3) is 3.43. The van der Waals surface area contributed by atoms with E-state index in [1.165, 1.54) is 4.70 Å². The fraction of sp³-hybridized carbons (Fsp3) is 0.286. The van der Waals surface area contributed by atoms with Gasteiger partial charge in [-0.15, -0.1) is 16.4 Å². The maximum atomic E-state index is 11.7. The highest BCUT2D eigenvalue weighted by Crippen LogP contribution is 2.22. The van der Waals surface area contributed by atoms with Crippen molar-refractivity contribution < 1.29 is 9.21 Å². The molecule has 1 aromatic carbocycles. The molecule has 2 heterocycles. The minimum Gasteiger partial charge on any atom is -0.408 e. The van der Waals surface area contributed by atoms with Gasteiger partial charge in [-0.25, -0.2) is 4.98 Å². The molecule has 3 aromatic rings. The van der Waals surface area contributed by atoms with Crippen molar-refractivity contribution in [1.82, 2.24) is 15.2 Å². The molecule has 3 rings (SSSR count). The Morgan fingerprint density at radius 3 is 2.95 bits per heavy atom. The lowest BCUT2D eigenvalue weighted by molar-refractivity contribution is -0.116. The Kier molecular flexibility index (Phi) is 3.92. The molecule has 7 heteroatoms. The zero-order chi connectivity index (χ0) is 14.7. The van der Waals surface area contributed by atoms with Crippen LogP contribution < -0.4 is 5.32 Å². The first-order valence-electron chi connectivity index (χ1n) is 6.65. The highest BCUT2D eigenvalue weighted by Gasteiger charge is 2.09. The zero-order valence-electron chi connectivity index (χ0n) is 11.5. The van der Waals surface area contributed by atoms with Gasteiger partial charge in [-0.2, -0.15) is 0 Å². The van der Waals surface area contributed by atoms with E-state index in [1.807, 2.05) is 18.2 Å². The molecule has 0 saturated carbocycles. The second-order valence-corrected chi connectivity index (χ2v) is 5.72. The number of aryl methyl sites for hydroxylation is 2. The van der Waals surface area contributed by atoms with Crippen LogP contribution in [-0.4, -0.2) is 21.1 Å². The summed E-state index contributed by atoms with van der Waals surface area (Å²) in [6, 6.07) is 8.19. The van der Waals surface area contributed by atoms with Gasteiger partial charge < -0.3 is 4.42 Å². The van der Waals surface area contributed by atoms with Gasteiger partial charge in [-0.1, -0.05) is 17.2 Å². The molecule has 1 N–H and O–H groups in total. The predicted molar refractivity (Wildman–Crippen MR) is 80.2 cm³/mol. The molecule has 0 saturated heterocycles. The van der Waals surface area contributed by atoms with Crippen LogP contribution in [0.4, 0.5) is 6.01 Å². The first-order valence-corrected chi connectivity index (χ1v) is 7.47. The van der Waals surface area contributed by atoms with Crippen molar-refractivity contribution in [3.8, 4) is 0 Å². The summed E-state index contributed by atoms with van der Waals surface area (Å²) in [6.07, 6.45) is 1.92. The first kappa shape index (κ1) is 13.7. The number of aromatic nitrogens is 3. The summed E-state index contributed by atoms with van der Waals surface area (Å²) in [5.41, 5.74) is 1.02. The van der Waals surface area contributed by atoms with Gasteiger partial charge in [0.1, 0.15) is 0 Å².